The van der Waals surface area contributed by atoms with Crippen molar-refractivity contribution in [3.05, 3.63) is 44.9 Å². The number of ether oxygens (including phenoxy) is 1. The second-order valence-electron chi connectivity index (χ2n) is 7.52. The predicted molar refractivity (Wildman–Crippen MR) is 115 cm³/mol. The number of amides is 1. The fraction of sp³-hybridized carbons (Fsp3) is 0.500. The Morgan fingerprint density at radius 1 is 1.24 bits per heavy atom. The molecule has 158 valence electrons. The molecule has 0 spiro atoms. The molecule has 0 fully saturated rings. The van der Waals surface area contributed by atoms with Gasteiger partial charge in [-0.2, -0.15) is 0 Å². The Bertz CT molecular complexity index is 881. The van der Waals surface area contributed by atoms with Gasteiger partial charge in [-0.3, -0.25) is 9.59 Å². The van der Waals surface area contributed by atoms with E-state index in [9.17, 15) is 14.4 Å². The van der Waals surface area contributed by atoms with Crippen LogP contribution in [0.5, 0.6) is 0 Å². The van der Waals surface area contributed by atoms with Crippen molar-refractivity contribution < 1.29 is 19.1 Å². The average Bonchev–Trinajstić information content (AvgIpc) is 3.26. The summed E-state index contributed by atoms with van der Waals surface area (Å²) in [7, 11) is 1.75. The number of nitrogens with zero attached hydrogens (tertiary/aromatic N) is 2. The lowest BCUT2D eigenvalue weighted by Gasteiger charge is -2.22. The minimum atomic E-state index is -0.444. The highest BCUT2D eigenvalue weighted by atomic mass is 32.1. The Morgan fingerprint density at radius 3 is 2.48 bits per heavy atom. The van der Waals surface area contributed by atoms with Gasteiger partial charge in [-0.1, -0.05) is 19.9 Å². The molecule has 2 rings (SSSR count). The molecule has 0 saturated carbocycles. The highest BCUT2D eigenvalue weighted by Gasteiger charge is 2.28. The number of esters is 1. The van der Waals surface area contributed by atoms with Crippen molar-refractivity contribution in [2.24, 2.45) is 13.0 Å². The molecule has 0 aliphatic rings. The molecule has 1 amide bonds. The van der Waals surface area contributed by atoms with Crippen molar-refractivity contribution >= 4 is 29.0 Å². The SMILES string of the molecule is CCOC(=O)c1c(C)c(C(=O)CN(CCC(C)C)C(=O)c2cccs2)c(C)n1C. The second-order valence-corrected chi connectivity index (χ2v) is 8.47. The molecule has 0 bridgehead atoms. The van der Waals surface area contributed by atoms with E-state index in [1.807, 2.05) is 18.4 Å². The zero-order valence-electron chi connectivity index (χ0n) is 18.1. The molecule has 0 aliphatic carbocycles. The Balaban J connectivity index is 2.32. The Morgan fingerprint density at radius 2 is 1.93 bits per heavy atom. The van der Waals surface area contributed by atoms with Crippen LogP contribution >= 0.6 is 11.3 Å². The maximum Gasteiger partial charge on any atom is 0.355 e. The van der Waals surface area contributed by atoms with Gasteiger partial charge in [-0.05, 0) is 50.1 Å². The molecule has 7 heteroatoms. The molecule has 6 nitrogen and oxygen atoms in total. The van der Waals surface area contributed by atoms with Gasteiger partial charge in [-0.25, -0.2) is 4.79 Å². The van der Waals surface area contributed by atoms with Crippen LogP contribution in [0.1, 0.15) is 69.0 Å². The number of hydrogen-bond donors (Lipinski definition) is 0. The summed E-state index contributed by atoms with van der Waals surface area (Å²) < 4.78 is 6.83. The van der Waals surface area contributed by atoms with Gasteiger partial charge in [0.25, 0.3) is 5.91 Å². The Kier molecular flexibility index (Phi) is 7.79. The molecule has 0 radical (unpaired) electrons. The molecule has 2 aromatic heterocycles. The maximum atomic E-state index is 13.2. The van der Waals surface area contributed by atoms with Crippen molar-refractivity contribution in [2.45, 2.75) is 41.0 Å². The van der Waals surface area contributed by atoms with E-state index in [4.69, 9.17) is 4.74 Å². The van der Waals surface area contributed by atoms with Crippen LogP contribution in [0, 0.1) is 19.8 Å². The van der Waals surface area contributed by atoms with Crippen LogP contribution in [-0.2, 0) is 11.8 Å². The number of rotatable bonds is 9. The number of Topliss-reactive ketones (excluding diaryl/α,β-unsaturated/α-hetero) is 1. The highest BCUT2D eigenvalue weighted by molar-refractivity contribution is 7.12. The summed E-state index contributed by atoms with van der Waals surface area (Å²) in [5.74, 6) is -0.328. The van der Waals surface area contributed by atoms with Crippen LogP contribution < -0.4 is 0 Å². The molecule has 0 atom stereocenters. The first-order chi connectivity index (χ1) is 13.7. The molecule has 2 aromatic rings. The lowest BCUT2D eigenvalue weighted by molar-refractivity contribution is 0.0514. The van der Waals surface area contributed by atoms with Gasteiger partial charge in [0, 0.05) is 24.8 Å². The van der Waals surface area contributed by atoms with E-state index in [1.165, 1.54) is 11.3 Å². The van der Waals surface area contributed by atoms with E-state index in [0.29, 0.717) is 39.9 Å². The standard InChI is InChI=1S/C22H30N2O4S/c1-7-28-22(27)20-15(4)19(16(5)23(20)6)17(25)13-24(11-10-14(2)3)21(26)18-9-8-12-29-18/h8-9,12,14H,7,10-11,13H2,1-6H3. The number of carbonyl (C=O) groups excluding carboxylic acids is 3. The summed E-state index contributed by atoms with van der Waals surface area (Å²) in [6.45, 7) is 10.3. The summed E-state index contributed by atoms with van der Waals surface area (Å²) in [6.07, 6.45) is 0.811. The molecule has 0 aliphatic heterocycles. The molecule has 2 heterocycles. The van der Waals surface area contributed by atoms with Gasteiger partial charge in [0.15, 0.2) is 5.78 Å². The molecule has 0 saturated heterocycles. The Labute approximate surface area is 176 Å². The van der Waals surface area contributed by atoms with Gasteiger partial charge in [0.1, 0.15) is 5.69 Å². The van der Waals surface area contributed by atoms with Crippen LogP contribution in [0.15, 0.2) is 17.5 Å². The van der Waals surface area contributed by atoms with E-state index in [2.05, 4.69) is 13.8 Å². The molecule has 29 heavy (non-hydrogen) atoms. The molecular formula is C22H30N2O4S. The van der Waals surface area contributed by atoms with Gasteiger partial charge in [0.05, 0.1) is 18.0 Å². The van der Waals surface area contributed by atoms with Crippen molar-refractivity contribution in [3.8, 4) is 0 Å². The van der Waals surface area contributed by atoms with Crippen LogP contribution in [0.4, 0.5) is 0 Å². The smallest absolute Gasteiger partial charge is 0.355 e. The summed E-state index contributed by atoms with van der Waals surface area (Å²) in [6, 6.07) is 3.61. The van der Waals surface area contributed by atoms with Crippen molar-refractivity contribution in [2.75, 3.05) is 19.7 Å². The number of ketones is 1. The van der Waals surface area contributed by atoms with Crippen LogP contribution in [0.25, 0.3) is 0 Å². The number of hydrogen-bond acceptors (Lipinski definition) is 5. The predicted octanol–water partition coefficient (Wildman–Crippen LogP) is 4.25. The van der Waals surface area contributed by atoms with Crippen LogP contribution in [0.3, 0.4) is 0 Å². The monoisotopic (exact) mass is 418 g/mol. The summed E-state index contributed by atoms with van der Waals surface area (Å²) in [5.41, 5.74) is 2.17. The fourth-order valence-corrected chi connectivity index (χ4v) is 4.04. The van der Waals surface area contributed by atoms with Gasteiger partial charge >= 0.3 is 5.97 Å². The normalized spacial score (nSPS) is 11.0. The first-order valence-electron chi connectivity index (χ1n) is 9.87. The molecular weight excluding hydrogens is 388 g/mol. The topological polar surface area (TPSA) is 68.6 Å². The van der Waals surface area contributed by atoms with Gasteiger partial charge < -0.3 is 14.2 Å². The number of aromatic nitrogens is 1. The average molecular weight is 419 g/mol. The highest BCUT2D eigenvalue weighted by Crippen LogP contribution is 2.23. The van der Waals surface area contributed by atoms with Crippen molar-refractivity contribution in [3.63, 3.8) is 0 Å². The van der Waals surface area contributed by atoms with E-state index < -0.39 is 5.97 Å². The maximum absolute atomic E-state index is 13.2. The van der Waals surface area contributed by atoms with Crippen molar-refractivity contribution in [1.82, 2.24) is 9.47 Å². The zero-order valence-corrected chi connectivity index (χ0v) is 18.9. The Hall–Kier alpha value is -2.41. The molecule has 0 N–H and O–H groups in total. The first kappa shape index (κ1) is 22.9. The van der Waals surface area contributed by atoms with Gasteiger partial charge in [-0.15, -0.1) is 11.3 Å². The number of carbonyl (C=O) groups is 3. The summed E-state index contributed by atoms with van der Waals surface area (Å²) >= 11 is 1.37. The lowest BCUT2D eigenvalue weighted by Crippen LogP contribution is -2.37. The van der Waals surface area contributed by atoms with E-state index in [1.54, 1.807) is 36.4 Å². The lowest BCUT2D eigenvalue weighted by atomic mass is 10.0. The fourth-order valence-electron chi connectivity index (χ4n) is 3.35. The van der Waals surface area contributed by atoms with Crippen LogP contribution in [-0.4, -0.2) is 46.8 Å². The third-order valence-electron chi connectivity index (χ3n) is 5.01. The van der Waals surface area contributed by atoms with Crippen molar-refractivity contribution in [1.29, 1.82) is 0 Å². The second kappa shape index (κ2) is 9.87. The third kappa shape index (κ3) is 5.15. The third-order valence-corrected chi connectivity index (χ3v) is 5.87. The minimum Gasteiger partial charge on any atom is -0.461 e. The molecule has 0 unspecified atom stereocenters. The number of thiophene rings is 1. The quantitative estimate of drug-likeness (QED) is 0.451. The van der Waals surface area contributed by atoms with E-state index in [-0.39, 0.29) is 24.8 Å². The van der Waals surface area contributed by atoms with Gasteiger partial charge in [0.2, 0.25) is 0 Å². The summed E-state index contributed by atoms with van der Waals surface area (Å²) in [4.78, 5) is 40.7. The van der Waals surface area contributed by atoms with Crippen LogP contribution in [0.2, 0.25) is 0 Å². The first-order valence-corrected chi connectivity index (χ1v) is 10.8. The summed E-state index contributed by atoms with van der Waals surface area (Å²) in [5, 5.41) is 1.85. The van der Waals surface area contributed by atoms with E-state index in [0.717, 1.165) is 6.42 Å². The van der Waals surface area contributed by atoms with E-state index >= 15 is 0 Å². The molecule has 0 aromatic carbocycles. The zero-order chi connectivity index (χ0) is 21.7. The minimum absolute atomic E-state index is 0.0165. The largest absolute Gasteiger partial charge is 0.461 e.